The molecule has 0 aromatic rings. The Labute approximate surface area is 247 Å². The first kappa shape index (κ1) is 36.5. The van der Waals surface area contributed by atoms with Crippen LogP contribution in [0.1, 0.15) is 79.1 Å². The Morgan fingerprint density at radius 3 is 1.46 bits per heavy atom. The van der Waals surface area contributed by atoms with Gasteiger partial charge in [-0.15, -0.1) is 0 Å². The van der Waals surface area contributed by atoms with Crippen molar-refractivity contribution in [3.05, 3.63) is 0 Å². The Hall–Kier alpha value is -2.53. The number of likely N-dealkylation sites (tertiary alicyclic amines) is 1. The smallest absolute Gasteiger partial charge is 0.245 e. The maximum atomic E-state index is 13.8. The van der Waals surface area contributed by atoms with Crippen molar-refractivity contribution in [2.45, 2.75) is 103 Å². The van der Waals surface area contributed by atoms with Crippen molar-refractivity contribution < 1.29 is 24.0 Å². The van der Waals surface area contributed by atoms with Gasteiger partial charge < -0.3 is 30.2 Å². The topological polar surface area (TPSA) is 128 Å². The predicted molar refractivity (Wildman–Crippen MR) is 161 cm³/mol. The lowest BCUT2D eigenvalue weighted by Gasteiger charge is -2.39. The second-order valence-corrected chi connectivity index (χ2v) is 11.6. The van der Waals surface area contributed by atoms with Gasteiger partial charge in [0.2, 0.25) is 23.6 Å². The van der Waals surface area contributed by atoms with E-state index in [1.807, 2.05) is 27.8 Å². The number of piperidine rings is 1. The standard InChI is InChI=1S/C30H56N6O5/c1-10-23(33(6)27(38)22-16-19-32(5)20-17-22)28(39)34(7)24(11-2)29(40)35(8)25(12-3)30(41)36(9)26(21(4)37)15-13-14-18-31/h22-26H,10-20,31H2,1-9H3/t23-,24-,25+,26+/m1/s1. The molecule has 236 valence electrons. The monoisotopic (exact) mass is 580 g/mol. The van der Waals surface area contributed by atoms with Gasteiger partial charge in [-0.2, -0.15) is 0 Å². The van der Waals surface area contributed by atoms with Crippen LogP contribution in [0.25, 0.3) is 0 Å². The molecular weight excluding hydrogens is 524 g/mol. The van der Waals surface area contributed by atoms with Crippen LogP contribution in [0.15, 0.2) is 0 Å². The first-order valence-corrected chi connectivity index (χ1v) is 15.2. The van der Waals surface area contributed by atoms with E-state index in [0.717, 1.165) is 38.8 Å². The molecule has 2 N–H and O–H groups in total. The molecular formula is C30H56N6O5. The van der Waals surface area contributed by atoms with Gasteiger partial charge in [0.1, 0.15) is 18.1 Å². The highest BCUT2D eigenvalue weighted by Crippen LogP contribution is 2.22. The highest BCUT2D eigenvalue weighted by molar-refractivity contribution is 5.95. The molecule has 1 aliphatic rings. The highest BCUT2D eigenvalue weighted by Gasteiger charge is 2.39. The molecule has 0 aliphatic carbocycles. The molecule has 1 aliphatic heterocycles. The van der Waals surface area contributed by atoms with Crippen LogP contribution in [-0.2, 0) is 24.0 Å². The summed E-state index contributed by atoms with van der Waals surface area (Å²) in [6.45, 7) is 9.20. The van der Waals surface area contributed by atoms with E-state index >= 15 is 0 Å². The van der Waals surface area contributed by atoms with Gasteiger partial charge in [0.05, 0.1) is 6.04 Å². The number of unbranched alkanes of at least 4 members (excludes halogenated alkanes) is 1. The van der Waals surface area contributed by atoms with Crippen LogP contribution in [0.5, 0.6) is 0 Å². The van der Waals surface area contributed by atoms with Crippen molar-refractivity contribution in [3.63, 3.8) is 0 Å². The molecule has 0 spiro atoms. The lowest BCUT2D eigenvalue weighted by molar-refractivity contribution is -0.154. The fraction of sp³-hybridized carbons (Fsp3) is 0.833. The van der Waals surface area contributed by atoms with E-state index in [1.54, 1.807) is 33.1 Å². The molecule has 0 aromatic heterocycles. The molecule has 1 fully saturated rings. The van der Waals surface area contributed by atoms with Gasteiger partial charge in [-0.3, -0.25) is 24.0 Å². The molecule has 11 heteroatoms. The summed E-state index contributed by atoms with van der Waals surface area (Å²) < 4.78 is 0. The highest BCUT2D eigenvalue weighted by atomic mass is 16.2. The third-order valence-corrected chi connectivity index (χ3v) is 8.74. The molecule has 1 heterocycles. The molecule has 0 saturated carbocycles. The normalized spacial score (nSPS) is 17.2. The zero-order valence-corrected chi connectivity index (χ0v) is 27.0. The molecule has 11 nitrogen and oxygen atoms in total. The summed E-state index contributed by atoms with van der Waals surface area (Å²) in [5.74, 6) is -1.20. The second-order valence-electron chi connectivity index (χ2n) is 11.6. The number of nitrogens with two attached hydrogens (primary N) is 1. The van der Waals surface area contributed by atoms with Gasteiger partial charge in [-0.05, 0) is 85.0 Å². The molecule has 0 bridgehead atoms. The minimum Gasteiger partial charge on any atom is -0.334 e. The lowest BCUT2D eigenvalue weighted by Crippen LogP contribution is -2.58. The fourth-order valence-electron chi connectivity index (χ4n) is 5.86. The van der Waals surface area contributed by atoms with Crippen LogP contribution in [0.4, 0.5) is 0 Å². The number of Topliss-reactive ketones (excluding diaryl/α,β-unsaturated/α-hetero) is 1. The Kier molecular flexibility index (Phi) is 15.5. The lowest BCUT2D eigenvalue weighted by atomic mass is 9.94. The summed E-state index contributed by atoms with van der Waals surface area (Å²) in [6.07, 6.45) is 4.66. The summed E-state index contributed by atoms with van der Waals surface area (Å²) in [4.78, 5) is 74.6. The van der Waals surface area contributed by atoms with E-state index < -0.39 is 24.2 Å². The molecule has 1 rings (SSSR count). The Morgan fingerprint density at radius 2 is 1.10 bits per heavy atom. The Balaban J connectivity index is 3.05. The number of rotatable bonds is 16. The van der Waals surface area contributed by atoms with Crippen molar-refractivity contribution in [2.75, 3.05) is 54.9 Å². The largest absolute Gasteiger partial charge is 0.334 e. The number of hydrogen-bond acceptors (Lipinski definition) is 7. The summed E-state index contributed by atoms with van der Waals surface area (Å²) in [6, 6.07) is -2.84. The van der Waals surface area contributed by atoms with Crippen LogP contribution in [-0.4, -0.2) is 133 Å². The van der Waals surface area contributed by atoms with Crippen molar-refractivity contribution in [2.24, 2.45) is 11.7 Å². The van der Waals surface area contributed by atoms with E-state index in [9.17, 15) is 24.0 Å². The van der Waals surface area contributed by atoms with Crippen molar-refractivity contribution >= 4 is 29.4 Å². The first-order valence-electron chi connectivity index (χ1n) is 15.2. The molecule has 41 heavy (non-hydrogen) atoms. The van der Waals surface area contributed by atoms with Crippen LogP contribution >= 0.6 is 0 Å². The van der Waals surface area contributed by atoms with Crippen LogP contribution < -0.4 is 5.73 Å². The van der Waals surface area contributed by atoms with E-state index in [0.29, 0.717) is 32.2 Å². The molecule has 0 aromatic carbocycles. The van der Waals surface area contributed by atoms with E-state index in [4.69, 9.17) is 5.73 Å². The number of hydrogen-bond donors (Lipinski definition) is 1. The zero-order valence-electron chi connectivity index (χ0n) is 27.0. The van der Waals surface area contributed by atoms with E-state index in [-0.39, 0.29) is 35.3 Å². The summed E-state index contributed by atoms with van der Waals surface area (Å²) in [7, 11) is 8.49. The maximum absolute atomic E-state index is 13.8. The Bertz CT molecular complexity index is 891. The van der Waals surface area contributed by atoms with Crippen LogP contribution in [0, 0.1) is 5.92 Å². The minimum atomic E-state index is -0.798. The SMILES string of the molecule is CC[C@H](C(=O)N(C)[C@H](CC)C(=O)N(C)[C@@H](CC)C(=O)N(C)[C@@H](CCCCN)C(C)=O)N(C)C(=O)C1CCN(C)CC1. The predicted octanol–water partition coefficient (Wildman–Crippen LogP) is 1.58. The third kappa shape index (κ3) is 9.49. The van der Waals surface area contributed by atoms with Gasteiger partial charge in [0, 0.05) is 34.1 Å². The fourth-order valence-corrected chi connectivity index (χ4v) is 5.86. The molecule has 0 unspecified atom stereocenters. The quantitative estimate of drug-likeness (QED) is 0.275. The minimum absolute atomic E-state index is 0.0330. The van der Waals surface area contributed by atoms with E-state index in [1.165, 1.54) is 21.6 Å². The van der Waals surface area contributed by atoms with E-state index in [2.05, 4.69) is 4.90 Å². The van der Waals surface area contributed by atoms with Crippen molar-refractivity contribution in [1.82, 2.24) is 24.5 Å². The maximum Gasteiger partial charge on any atom is 0.245 e. The van der Waals surface area contributed by atoms with Gasteiger partial charge >= 0.3 is 0 Å². The number of nitrogens with zero attached hydrogens (tertiary/aromatic N) is 5. The summed E-state index contributed by atoms with van der Waals surface area (Å²) in [5, 5.41) is 0. The van der Waals surface area contributed by atoms with Crippen molar-refractivity contribution in [3.8, 4) is 0 Å². The van der Waals surface area contributed by atoms with Crippen LogP contribution in [0.2, 0.25) is 0 Å². The second kappa shape index (κ2) is 17.4. The Morgan fingerprint density at radius 1 is 0.707 bits per heavy atom. The first-order chi connectivity index (χ1) is 19.3. The average Bonchev–Trinajstić information content (AvgIpc) is 2.95. The number of carbonyl (C=O) groups excluding carboxylic acids is 5. The van der Waals surface area contributed by atoms with Gasteiger partial charge in [0.25, 0.3) is 0 Å². The number of carbonyl (C=O) groups is 5. The summed E-state index contributed by atoms with van der Waals surface area (Å²) in [5.41, 5.74) is 5.60. The third-order valence-electron chi connectivity index (χ3n) is 8.74. The van der Waals surface area contributed by atoms with Crippen molar-refractivity contribution in [1.29, 1.82) is 0 Å². The molecule has 0 radical (unpaired) electrons. The number of likely N-dealkylation sites (N-methyl/N-ethyl adjacent to an activating group) is 4. The van der Waals surface area contributed by atoms with Gasteiger partial charge in [0.15, 0.2) is 5.78 Å². The average molecular weight is 581 g/mol. The zero-order chi connectivity index (χ0) is 31.4. The summed E-state index contributed by atoms with van der Waals surface area (Å²) >= 11 is 0. The number of ketones is 1. The molecule has 4 amide bonds. The number of amides is 4. The van der Waals surface area contributed by atoms with Crippen LogP contribution in [0.3, 0.4) is 0 Å². The molecule has 4 atom stereocenters. The molecule has 1 saturated heterocycles. The van der Waals surface area contributed by atoms with Gasteiger partial charge in [-0.25, -0.2) is 0 Å². The van der Waals surface area contributed by atoms with Gasteiger partial charge in [-0.1, -0.05) is 20.8 Å².